The quantitative estimate of drug-likeness (QED) is 0.633. The predicted octanol–water partition coefficient (Wildman–Crippen LogP) is 0.673. The Morgan fingerprint density at radius 1 is 1.38 bits per heavy atom. The highest BCUT2D eigenvalue weighted by atomic mass is 16.5. The summed E-state index contributed by atoms with van der Waals surface area (Å²) in [5.41, 5.74) is 0.938. The molecular weight excluding hydrogens is 332 g/mol. The molecule has 6 heteroatoms. The lowest BCUT2D eigenvalue weighted by Crippen LogP contribution is -3.12. The maximum absolute atomic E-state index is 12.3. The number of carbonyl (C=O) groups excluding carboxylic acids is 1. The van der Waals surface area contributed by atoms with Gasteiger partial charge in [-0.3, -0.25) is 4.79 Å². The van der Waals surface area contributed by atoms with Crippen molar-refractivity contribution < 1.29 is 24.6 Å². The van der Waals surface area contributed by atoms with Crippen LogP contribution in [0.25, 0.3) is 0 Å². The van der Waals surface area contributed by atoms with Crippen molar-refractivity contribution in [1.29, 1.82) is 0 Å². The molecule has 0 saturated carbocycles. The van der Waals surface area contributed by atoms with Crippen LogP contribution in [-0.4, -0.2) is 61.4 Å². The molecule has 2 rings (SSSR count). The molecule has 1 unspecified atom stereocenters. The van der Waals surface area contributed by atoms with Gasteiger partial charge < -0.3 is 24.7 Å². The molecule has 3 atom stereocenters. The number of rotatable bonds is 8. The van der Waals surface area contributed by atoms with Gasteiger partial charge in [-0.25, -0.2) is 0 Å². The van der Waals surface area contributed by atoms with Gasteiger partial charge in [0.05, 0.1) is 26.8 Å². The number of hydrogen-bond acceptors (Lipinski definition) is 4. The zero-order chi connectivity index (χ0) is 19.1. The van der Waals surface area contributed by atoms with Gasteiger partial charge in [-0.15, -0.1) is 0 Å². The first-order chi connectivity index (χ1) is 12.5. The van der Waals surface area contributed by atoms with E-state index in [2.05, 4.69) is 6.92 Å². The minimum Gasteiger partial charge on any atom is -0.507 e. The van der Waals surface area contributed by atoms with Gasteiger partial charge in [0.15, 0.2) is 0 Å². The van der Waals surface area contributed by atoms with Crippen LogP contribution >= 0.6 is 0 Å². The highest BCUT2D eigenvalue weighted by Crippen LogP contribution is 2.26. The third kappa shape index (κ3) is 5.35. The molecule has 0 aromatic heterocycles. The van der Waals surface area contributed by atoms with Crippen LogP contribution in [0.1, 0.15) is 31.7 Å². The predicted molar refractivity (Wildman–Crippen MR) is 100 cm³/mol. The molecule has 0 bridgehead atoms. The van der Waals surface area contributed by atoms with Gasteiger partial charge in [0.2, 0.25) is 5.91 Å². The SMILES string of the molecule is CC[C@H]1C[NH+](Cc2ccc(OC)cc2O)CC[C@H]1CC(=O)N(C)CCO. The molecule has 3 N–H and O–H groups in total. The fourth-order valence-corrected chi connectivity index (χ4v) is 3.92. The molecule has 26 heavy (non-hydrogen) atoms. The molecule has 1 fully saturated rings. The standard InChI is InChI=1S/C20H32N2O4/c1-4-15-13-22(14-17-5-6-18(26-3)12-19(17)24)8-7-16(15)11-20(25)21(2)9-10-23/h5-6,12,15-16,23-24H,4,7-11,13-14H2,1-3H3/p+1/t15-,16-/m0/s1. The number of amides is 1. The molecule has 1 aromatic rings. The Kier molecular flexibility index (Phi) is 7.72. The summed E-state index contributed by atoms with van der Waals surface area (Å²) in [5.74, 6) is 1.98. The average molecular weight is 365 g/mol. The largest absolute Gasteiger partial charge is 0.507 e. The zero-order valence-corrected chi connectivity index (χ0v) is 16.2. The second-order valence-corrected chi connectivity index (χ2v) is 7.34. The molecule has 1 aliphatic rings. The smallest absolute Gasteiger partial charge is 0.222 e. The van der Waals surface area contributed by atoms with Crippen molar-refractivity contribution in [1.82, 2.24) is 4.90 Å². The van der Waals surface area contributed by atoms with Crippen LogP contribution < -0.4 is 9.64 Å². The Hall–Kier alpha value is -1.79. The van der Waals surface area contributed by atoms with Gasteiger partial charge in [0, 0.05) is 44.0 Å². The number of benzene rings is 1. The minimum absolute atomic E-state index is 0.00733. The van der Waals surface area contributed by atoms with E-state index in [0.717, 1.165) is 38.0 Å². The van der Waals surface area contributed by atoms with E-state index in [4.69, 9.17) is 9.84 Å². The van der Waals surface area contributed by atoms with Crippen LogP contribution in [-0.2, 0) is 11.3 Å². The van der Waals surface area contributed by atoms with E-state index in [1.165, 1.54) is 4.90 Å². The van der Waals surface area contributed by atoms with Gasteiger partial charge in [-0.05, 0) is 24.5 Å². The molecular formula is C20H33N2O4+. The molecule has 1 saturated heterocycles. The van der Waals surface area contributed by atoms with Crippen molar-refractivity contribution in [3.05, 3.63) is 23.8 Å². The van der Waals surface area contributed by atoms with Crippen LogP contribution in [0.4, 0.5) is 0 Å². The Bertz CT molecular complexity index is 593. The molecule has 0 radical (unpaired) electrons. The Labute approximate surface area is 156 Å². The van der Waals surface area contributed by atoms with Crippen LogP contribution in [0.2, 0.25) is 0 Å². The lowest BCUT2D eigenvalue weighted by Gasteiger charge is -2.36. The van der Waals surface area contributed by atoms with Crippen LogP contribution in [0.15, 0.2) is 18.2 Å². The number of likely N-dealkylation sites (N-methyl/N-ethyl adjacent to an activating group) is 1. The summed E-state index contributed by atoms with van der Waals surface area (Å²) in [6.07, 6.45) is 2.64. The maximum atomic E-state index is 12.3. The normalized spacial score (nSPS) is 22.8. The monoisotopic (exact) mass is 365 g/mol. The summed E-state index contributed by atoms with van der Waals surface area (Å²) in [4.78, 5) is 15.4. The highest BCUT2D eigenvalue weighted by Gasteiger charge is 2.33. The summed E-state index contributed by atoms with van der Waals surface area (Å²) < 4.78 is 5.14. The van der Waals surface area contributed by atoms with E-state index < -0.39 is 0 Å². The fourth-order valence-electron chi connectivity index (χ4n) is 3.92. The Morgan fingerprint density at radius 3 is 2.77 bits per heavy atom. The molecule has 0 aliphatic carbocycles. The first kappa shape index (κ1) is 20.5. The summed E-state index contributed by atoms with van der Waals surface area (Å²) in [6.45, 7) is 5.40. The number of aliphatic hydroxyl groups is 1. The van der Waals surface area contributed by atoms with Gasteiger partial charge in [0.1, 0.15) is 18.0 Å². The topological polar surface area (TPSA) is 74.4 Å². The average Bonchev–Trinajstić information content (AvgIpc) is 2.64. The number of ether oxygens (including phenoxy) is 1. The first-order valence-corrected chi connectivity index (χ1v) is 9.52. The number of piperidine rings is 1. The lowest BCUT2D eigenvalue weighted by atomic mass is 9.81. The molecule has 1 aromatic carbocycles. The van der Waals surface area contributed by atoms with Gasteiger partial charge >= 0.3 is 0 Å². The van der Waals surface area contributed by atoms with Gasteiger partial charge in [-0.2, -0.15) is 0 Å². The van der Waals surface area contributed by atoms with E-state index in [0.29, 0.717) is 30.6 Å². The van der Waals surface area contributed by atoms with Crippen molar-refractivity contribution in [3.8, 4) is 11.5 Å². The molecule has 1 heterocycles. The number of nitrogens with one attached hydrogen (secondary N) is 1. The maximum Gasteiger partial charge on any atom is 0.222 e. The minimum atomic E-state index is 0.00733. The first-order valence-electron chi connectivity index (χ1n) is 9.52. The Balaban J connectivity index is 1.93. The Morgan fingerprint density at radius 2 is 2.15 bits per heavy atom. The van der Waals surface area contributed by atoms with Crippen molar-refractivity contribution in [2.45, 2.75) is 32.7 Å². The number of methoxy groups -OCH3 is 1. The number of phenols is 1. The summed E-state index contributed by atoms with van der Waals surface area (Å²) >= 11 is 0. The number of phenolic OH excluding ortho intramolecular Hbond substituents is 1. The number of carbonyl (C=O) groups is 1. The van der Waals surface area contributed by atoms with Crippen molar-refractivity contribution in [3.63, 3.8) is 0 Å². The van der Waals surface area contributed by atoms with E-state index in [9.17, 15) is 9.90 Å². The van der Waals surface area contributed by atoms with E-state index in [1.54, 1.807) is 25.1 Å². The van der Waals surface area contributed by atoms with Crippen LogP contribution in [0, 0.1) is 11.8 Å². The number of aromatic hydroxyl groups is 1. The van der Waals surface area contributed by atoms with Crippen molar-refractivity contribution >= 4 is 5.91 Å². The van der Waals surface area contributed by atoms with E-state index >= 15 is 0 Å². The van der Waals surface area contributed by atoms with Crippen LogP contribution in [0.5, 0.6) is 11.5 Å². The summed E-state index contributed by atoms with van der Waals surface area (Å²) in [6, 6.07) is 5.48. The number of hydrogen-bond donors (Lipinski definition) is 3. The second kappa shape index (κ2) is 9.78. The van der Waals surface area contributed by atoms with Crippen molar-refractivity contribution in [2.75, 3.05) is 40.4 Å². The molecule has 6 nitrogen and oxygen atoms in total. The zero-order valence-electron chi connectivity index (χ0n) is 16.2. The summed E-state index contributed by atoms with van der Waals surface area (Å²) in [7, 11) is 3.35. The summed E-state index contributed by atoms with van der Waals surface area (Å²) in [5, 5.41) is 19.2. The van der Waals surface area contributed by atoms with Crippen LogP contribution in [0.3, 0.4) is 0 Å². The second-order valence-electron chi connectivity index (χ2n) is 7.34. The number of aliphatic hydroxyl groups excluding tert-OH is 1. The van der Waals surface area contributed by atoms with Crippen molar-refractivity contribution in [2.24, 2.45) is 11.8 Å². The van der Waals surface area contributed by atoms with E-state index in [1.807, 2.05) is 12.1 Å². The highest BCUT2D eigenvalue weighted by molar-refractivity contribution is 5.76. The fraction of sp³-hybridized carbons (Fsp3) is 0.650. The van der Waals surface area contributed by atoms with Gasteiger partial charge in [-0.1, -0.05) is 6.92 Å². The van der Waals surface area contributed by atoms with E-state index in [-0.39, 0.29) is 18.3 Å². The third-order valence-electron chi connectivity index (χ3n) is 5.64. The lowest BCUT2D eigenvalue weighted by molar-refractivity contribution is -0.923. The number of quaternary nitrogens is 1. The molecule has 146 valence electrons. The molecule has 1 amide bonds. The molecule has 0 spiro atoms. The number of nitrogens with zero attached hydrogens (tertiary/aromatic N) is 1. The molecule has 1 aliphatic heterocycles. The van der Waals surface area contributed by atoms with Gasteiger partial charge in [0.25, 0.3) is 0 Å². The number of likely N-dealkylation sites (tertiary alicyclic amines) is 1. The third-order valence-corrected chi connectivity index (χ3v) is 5.64.